The lowest BCUT2D eigenvalue weighted by Gasteiger charge is -1.99. The number of hydrogen-bond acceptors (Lipinski definition) is 3. The molecule has 1 aromatic rings. The molecule has 3 heteroatoms. The van der Waals surface area contributed by atoms with Crippen molar-refractivity contribution in [1.29, 1.82) is 0 Å². The summed E-state index contributed by atoms with van der Waals surface area (Å²) in [5.74, 6) is 0.0923. The highest BCUT2D eigenvalue weighted by Gasteiger charge is 2.05. The lowest BCUT2D eigenvalue weighted by molar-refractivity contribution is 0.109. The third-order valence-corrected chi connectivity index (χ3v) is 1.76. The molecule has 1 heterocycles. The maximum Gasteiger partial charge on any atom is 0.339 e. The Kier molecular flexibility index (Phi) is 2.43. The Labute approximate surface area is 70.0 Å². The predicted octanol–water partition coefficient (Wildman–Crippen LogP) is 1.32. The van der Waals surface area contributed by atoms with E-state index in [2.05, 4.69) is 0 Å². The normalized spacial score (nSPS) is 9.83. The molecule has 0 aliphatic heterocycles. The largest absolute Gasteiger partial charge is 0.420 e. The van der Waals surface area contributed by atoms with E-state index >= 15 is 0 Å². The molecule has 12 heavy (non-hydrogen) atoms. The number of hydrogen-bond donors (Lipinski definition) is 0. The second kappa shape index (κ2) is 3.34. The van der Waals surface area contributed by atoms with Crippen molar-refractivity contribution in [3.63, 3.8) is 0 Å². The zero-order valence-electron chi connectivity index (χ0n) is 7.09. The summed E-state index contributed by atoms with van der Waals surface area (Å²) < 4.78 is 4.71. The van der Waals surface area contributed by atoms with Gasteiger partial charge < -0.3 is 4.42 Å². The number of aryl methyl sites for hydroxylation is 1. The van der Waals surface area contributed by atoms with Crippen molar-refractivity contribution in [3.8, 4) is 0 Å². The summed E-state index contributed by atoms with van der Waals surface area (Å²) in [6.07, 6.45) is 1.17. The average molecular weight is 166 g/mol. The van der Waals surface area contributed by atoms with Crippen LogP contribution in [0.15, 0.2) is 15.3 Å². The molecule has 0 N–H and O–H groups in total. The summed E-state index contributed by atoms with van der Waals surface area (Å²) in [6.45, 7) is 3.67. The third kappa shape index (κ3) is 1.44. The second-order valence-corrected chi connectivity index (χ2v) is 2.57. The standard InChI is InChI=1S/C9H10O3/c1-3-8-6(2)4-7(5-10)12-9(8)11/h4-5H,3H2,1-2H3. The molecule has 0 aromatic carbocycles. The van der Waals surface area contributed by atoms with Crippen LogP contribution in [0.3, 0.4) is 0 Å². The predicted molar refractivity (Wildman–Crippen MR) is 44.5 cm³/mol. The van der Waals surface area contributed by atoms with Crippen molar-refractivity contribution in [2.24, 2.45) is 0 Å². The molecule has 1 rings (SSSR count). The monoisotopic (exact) mass is 166 g/mol. The first-order valence-corrected chi connectivity index (χ1v) is 3.77. The summed E-state index contributed by atoms with van der Waals surface area (Å²) in [6, 6.07) is 1.58. The molecule has 0 fully saturated rings. The van der Waals surface area contributed by atoms with E-state index in [-0.39, 0.29) is 5.76 Å². The Morgan fingerprint density at radius 2 is 2.25 bits per heavy atom. The highest BCUT2D eigenvalue weighted by Crippen LogP contribution is 2.04. The van der Waals surface area contributed by atoms with Crippen LogP contribution in [0.5, 0.6) is 0 Å². The minimum absolute atomic E-state index is 0.0923. The van der Waals surface area contributed by atoms with Gasteiger partial charge in [-0.1, -0.05) is 6.92 Å². The van der Waals surface area contributed by atoms with Crippen LogP contribution in [0.1, 0.15) is 28.6 Å². The summed E-state index contributed by atoms with van der Waals surface area (Å²) in [5.41, 5.74) is 1.05. The first kappa shape index (κ1) is 8.71. The van der Waals surface area contributed by atoms with Crippen LogP contribution < -0.4 is 5.63 Å². The van der Waals surface area contributed by atoms with E-state index in [4.69, 9.17) is 4.42 Å². The zero-order valence-corrected chi connectivity index (χ0v) is 7.09. The van der Waals surface area contributed by atoms with Gasteiger partial charge in [-0.25, -0.2) is 4.79 Å². The van der Waals surface area contributed by atoms with Crippen molar-refractivity contribution in [2.75, 3.05) is 0 Å². The van der Waals surface area contributed by atoms with Crippen LogP contribution in [0.25, 0.3) is 0 Å². The lowest BCUT2D eigenvalue weighted by Crippen LogP contribution is -2.09. The Bertz CT molecular complexity index is 349. The molecule has 0 saturated heterocycles. The maximum absolute atomic E-state index is 11.1. The van der Waals surface area contributed by atoms with Crippen LogP contribution in [0, 0.1) is 6.92 Å². The van der Waals surface area contributed by atoms with Crippen LogP contribution in [0.2, 0.25) is 0 Å². The fourth-order valence-corrected chi connectivity index (χ4v) is 1.14. The molecule has 0 aliphatic carbocycles. The molecule has 0 radical (unpaired) electrons. The van der Waals surface area contributed by atoms with Crippen LogP contribution >= 0.6 is 0 Å². The molecule has 0 spiro atoms. The van der Waals surface area contributed by atoms with Gasteiger partial charge in [0, 0.05) is 5.56 Å². The van der Waals surface area contributed by atoms with Crippen molar-refractivity contribution in [3.05, 3.63) is 33.4 Å². The van der Waals surface area contributed by atoms with Gasteiger partial charge in [0.15, 0.2) is 12.0 Å². The minimum atomic E-state index is -0.403. The Balaban J connectivity index is 3.37. The molecular formula is C9H10O3. The van der Waals surface area contributed by atoms with Gasteiger partial charge in [0.2, 0.25) is 0 Å². The van der Waals surface area contributed by atoms with Gasteiger partial charge in [0.1, 0.15) is 0 Å². The number of carbonyl (C=O) groups is 1. The van der Waals surface area contributed by atoms with E-state index in [1.54, 1.807) is 13.0 Å². The van der Waals surface area contributed by atoms with Gasteiger partial charge in [0.05, 0.1) is 0 Å². The smallest absolute Gasteiger partial charge is 0.339 e. The number of aldehydes is 1. The molecule has 0 aliphatic rings. The van der Waals surface area contributed by atoms with Gasteiger partial charge in [-0.3, -0.25) is 4.79 Å². The zero-order chi connectivity index (χ0) is 9.14. The SMILES string of the molecule is CCc1c(C)cc(C=O)oc1=O. The van der Waals surface area contributed by atoms with E-state index in [0.717, 1.165) is 5.56 Å². The summed E-state index contributed by atoms with van der Waals surface area (Å²) in [7, 11) is 0. The third-order valence-electron chi connectivity index (χ3n) is 1.76. The van der Waals surface area contributed by atoms with E-state index < -0.39 is 5.63 Å². The van der Waals surface area contributed by atoms with Gasteiger partial charge in [0.25, 0.3) is 0 Å². The van der Waals surface area contributed by atoms with Crippen molar-refractivity contribution in [2.45, 2.75) is 20.3 Å². The Morgan fingerprint density at radius 1 is 1.58 bits per heavy atom. The molecule has 64 valence electrons. The number of carbonyl (C=O) groups excluding carboxylic acids is 1. The number of rotatable bonds is 2. The average Bonchev–Trinajstić information content (AvgIpc) is 2.03. The van der Waals surface area contributed by atoms with E-state index in [1.807, 2.05) is 6.92 Å². The first-order chi connectivity index (χ1) is 5.69. The van der Waals surface area contributed by atoms with E-state index in [0.29, 0.717) is 18.3 Å². The minimum Gasteiger partial charge on any atom is -0.420 e. The van der Waals surface area contributed by atoms with Gasteiger partial charge in [-0.05, 0) is 25.0 Å². The van der Waals surface area contributed by atoms with Gasteiger partial charge >= 0.3 is 5.63 Å². The fraction of sp³-hybridized carbons (Fsp3) is 0.333. The summed E-state index contributed by atoms with van der Waals surface area (Å²) in [5, 5.41) is 0. The second-order valence-electron chi connectivity index (χ2n) is 2.57. The highest BCUT2D eigenvalue weighted by atomic mass is 16.4. The lowest BCUT2D eigenvalue weighted by atomic mass is 10.1. The van der Waals surface area contributed by atoms with Crippen molar-refractivity contribution < 1.29 is 9.21 Å². The Morgan fingerprint density at radius 3 is 2.67 bits per heavy atom. The fourth-order valence-electron chi connectivity index (χ4n) is 1.14. The molecule has 1 aromatic heterocycles. The van der Waals surface area contributed by atoms with E-state index in [9.17, 15) is 9.59 Å². The summed E-state index contributed by atoms with van der Waals surface area (Å²) >= 11 is 0. The van der Waals surface area contributed by atoms with Gasteiger partial charge in [-0.15, -0.1) is 0 Å². The van der Waals surface area contributed by atoms with Crippen molar-refractivity contribution in [1.82, 2.24) is 0 Å². The molecule has 3 nitrogen and oxygen atoms in total. The van der Waals surface area contributed by atoms with Gasteiger partial charge in [-0.2, -0.15) is 0 Å². The quantitative estimate of drug-likeness (QED) is 0.622. The topological polar surface area (TPSA) is 47.3 Å². The molecular weight excluding hydrogens is 156 g/mol. The Hall–Kier alpha value is -1.38. The van der Waals surface area contributed by atoms with Crippen LogP contribution in [-0.4, -0.2) is 6.29 Å². The molecule has 0 saturated carbocycles. The van der Waals surface area contributed by atoms with Crippen molar-refractivity contribution >= 4 is 6.29 Å². The van der Waals surface area contributed by atoms with Crippen LogP contribution in [-0.2, 0) is 6.42 Å². The molecule has 0 unspecified atom stereocenters. The molecule has 0 amide bonds. The molecule has 0 atom stereocenters. The molecule has 0 bridgehead atoms. The van der Waals surface area contributed by atoms with Crippen LogP contribution in [0.4, 0.5) is 0 Å². The van der Waals surface area contributed by atoms with E-state index in [1.165, 1.54) is 0 Å². The summed E-state index contributed by atoms with van der Waals surface area (Å²) in [4.78, 5) is 21.4. The first-order valence-electron chi connectivity index (χ1n) is 3.77. The highest BCUT2D eigenvalue weighted by molar-refractivity contribution is 5.70. The maximum atomic E-state index is 11.1.